The Bertz CT molecular complexity index is 794. The lowest BCUT2D eigenvalue weighted by molar-refractivity contribution is -0.101. The van der Waals surface area contributed by atoms with Crippen LogP contribution >= 0.6 is 11.6 Å². The van der Waals surface area contributed by atoms with Gasteiger partial charge in [-0.15, -0.1) is 0 Å². The standard InChI is InChI=1S/C18H24ClN3O3/c1-17(2,3)25-16(23)22-9-14(24-10-18(22,4)5)13-8-11-12(19)6-7-20-15(11)21-13/h6-8,14H,9-10H2,1-5H3,(H,20,21). The van der Waals surface area contributed by atoms with Crippen molar-refractivity contribution in [2.24, 2.45) is 0 Å². The van der Waals surface area contributed by atoms with Crippen molar-refractivity contribution in [3.05, 3.63) is 29.0 Å². The number of aromatic amines is 1. The summed E-state index contributed by atoms with van der Waals surface area (Å²) in [6.45, 7) is 10.3. The molecule has 1 aliphatic rings. The van der Waals surface area contributed by atoms with Crippen LogP contribution in [-0.2, 0) is 9.47 Å². The molecule has 0 spiro atoms. The number of halogens is 1. The first-order valence-corrected chi connectivity index (χ1v) is 8.70. The highest BCUT2D eigenvalue weighted by atomic mass is 35.5. The van der Waals surface area contributed by atoms with Crippen molar-refractivity contribution in [3.63, 3.8) is 0 Å². The molecule has 2 aromatic rings. The predicted octanol–water partition coefficient (Wildman–Crippen LogP) is 4.30. The molecule has 0 radical (unpaired) electrons. The minimum absolute atomic E-state index is 0.286. The Hall–Kier alpha value is -1.79. The number of carbonyl (C=O) groups excluding carboxylic acids is 1. The Kier molecular flexibility index (Phi) is 4.45. The van der Waals surface area contributed by atoms with Gasteiger partial charge in [-0.25, -0.2) is 9.78 Å². The van der Waals surface area contributed by atoms with E-state index in [0.29, 0.717) is 23.8 Å². The van der Waals surface area contributed by atoms with Crippen LogP contribution in [0.25, 0.3) is 11.0 Å². The van der Waals surface area contributed by atoms with Crippen LogP contribution in [0, 0.1) is 0 Å². The summed E-state index contributed by atoms with van der Waals surface area (Å²) in [6.07, 6.45) is 1.03. The molecule has 6 nitrogen and oxygen atoms in total. The zero-order chi connectivity index (χ0) is 18.4. The number of H-pyrrole nitrogens is 1. The molecule has 1 N–H and O–H groups in total. The molecule has 3 rings (SSSR count). The Morgan fingerprint density at radius 1 is 1.48 bits per heavy atom. The molecule has 7 heteroatoms. The number of fused-ring (bicyclic) bond motifs is 1. The molecule has 136 valence electrons. The van der Waals surface area contributed by atoms with Crippen molar-refractivity contribution in [1.29, 1.82) is 0 Å². The number of ether oxygens (including phenoxy) is 2. The number of aromatic nitrogens is 2. The summed E-state index contributed by atoms with van der Waals surface area (Å²) < 4.78 is 11.6. The number of rotatable bonds is 1. The van der Waals surface area contributed by atoms with Crippen molar-refractivity contribution in [2.75, 3.05) is 13.2 Å². The molecule has 2 aromatic heterocycles. The summed E-state index contributed by atoms with van der Waals surface area (Å²) in [4.78, 5) is 21.9. The zero-order valence-corrected chi connectivity index (χ0v) is 16.0. The molecule has 0 aromatic carbocycles. The Labute approximate surface area is 152 Å². The third-order valence-electron chi connectivity index (χ3n) is 4.18. The van der Waals surface area contributed by atoms with Crippen LogP contribution in [0.2, 0.25) is 5.02 Å². The highest BCUT2D eigenvalue weighted by molar-refractivity contribution is 6.35. The highest BCUT2D eigenvalue weighted by Gasteiger charge is 2.41. The number of carbonyl (C=O) groups is 1. The van der Waals surface area contributed by atoms with E-state index >= 15 is 0 Å². The largest absolute Gasteiger partial charge is 0.444 e. The minimum Gasteiger partial charge on any atom is -0.444 e. The summed E-state index contributed by atoms with van der Waals surface area (Å²) in [6, 6.07) is 3.68. The Balaban J connectivity index is 1.86. The third kappa shape index (κ3) is 3.75. The van der Waals surface area contributed by atoms with E-state index in [9.17, 15) is 4.79 Å². The quantitative estimate of drug-likeness (QED) is 0.817. The van der Waals surface area contributed by atoms with Gasteiger partial charge in [-0.3, -0.25) is 4.90 Å². The van der Waals surface area contributed by atoms with Gasteiger partial charge in [0.05, 0.1) is 23.7 Å². The summed E-state index contributed by atoms with van der Waals surface area (Å²) in [7, 11) is 0. The maximum atomic E-state index is 12.6. The van der Waals surface area contributed by atoms with Crippen LogP contribution in [0.5, 0.6) is 0 Å². The molecule has 1 unspecified atom stereocenters. The van der Waals surface area contributed by atoms with Crippen LogP contribution < -0.4 is 0 Å². The first-order valence-electron chi connectivity index (χ1n) is 8.32. The van der Waals surface area contributed by atoms with E-state index in [1.807, 2.05) is 40.7 Å². The SMILES string of the molecule is CC(C)(C)OC(=O)N1CC(c2cc3c(Cl)ccnc3[nH]2)OCC1(C)C. The minimum atomic E-state index is -0.542. The number of pyridine rings is 1. The van der Waals surface area contributed by atoms with Gasteiger partial charge < -0.3 is 14.5 Å². The van der Waals surface area contributed by atoms with Crippen LogP contribution in [0.1, 0.15) is 46.4 Å². The topological polar surface area (TPSA) is 67.5 Å². The van der Waals surface area contributed by atoms with Crippen molar-refractivity contribution in [1.82, 2.24) is 14.9 Å². The lowest BCUT2D eigenvalue weighted by Crippen LogP contribution is -2.57. The molecule has 1 aliphatic heterocycles. The van der Waals surface area contributed by atoms with E-state index < -0.39 is 11.1 Å². The number of morpholine rings is 1. The predicted molar refractivity (Wildman–Crippen MR) is 96.8 cm³/mol. The number of hydrogen-bond donors (Lipinski definition) is 1. The van der Waals surface area contributed by atoms with E-state index in [-0.39, 0.29) is 12.2 Å². The van der Waals surface area contributed by atoms with Gasteiger partial charge in [-0.05, 0) is 46.8 Å². The average Bonchev–Trinajstić information content (AvgIpc) is 2.90. The van der Waals surface area contributed by atoms with E-state index in [1.165, 1.54) is 0 Å². The summed E-state index contributed by atoms with van der Waals surface area (Å²) >= 11 is 6.22. The van der Waals surface area contributed by atoms with Gasteiger partial charge in [0.1, 0.15) is 17.4 Å². The van der Waals surface area contributed by atoms with Crippen molar-refractivity contribution >= 4 is 28.7 Å². The first-order chi connectivity index (χ1) is 11.6. The van der Waals surface area contributed by atoms with Crippen LogP contribution in [0.15, 0.2) is 18.3 Å². The van der Waals surface area contributed by atoms with Gasteiger partial charge in [0.25, 0.3) is 0 Å². The highest BCUT2D eigenvalue weighted by Crippen LogP contribution is 2.33. The second-order valence-corrected chi connectivity index (χ2v) is 8.39. The fourth-order valence-electron chi connectivity index (χ4n) is 2.86. The van der Waals surface area contributed by atoms with Gasteiger partial charge >= 0.3 is 6.09 Å². The normalized spacial score (nSPS) is 20.7. The molecule has 25 heavy (non-hydrogen) atoms. The molecule has 0 saturated carbocycles. The van der Waals surface area contributed by atoms with Gasteiger partial charge in [0.15, 0.2) is 0 Å². The van der Waals surface area contributed by atoms with E-state index in [4.69, 9.17) is 21.1 Å². The fraction of sp³-hybridized carbons (Fsp3) is 0.556. The van der Waals surface area contributed by atoms with Crippen LogP contribution in [0.4, 0.5) is 4.79 Å². The van der Waals surface area contributed by atoms with Crippen LogP contribution in [-0.4, -0.2) is 45.3 Å². The molecule has 0 bridgehead atoms. The van der Waals surface area contributed by atoms with Gasteiger partial charge in [-0.2, -0.15) is 0 Å². The van der Waals surface area contributed by atoms with Crippen molar-refractivity contribution < 1.29 is 14.3 Å². The number of amides is 1. The molecule has 3 heterocycles. The monoisotopic (exact) mass is 365 g/mol. The summed E-state index contributed by atoms with van der Waals surface area (Å²) in [5.41, 5.74) is 0.569. The van der Waals surface area contributed by atoms with Crippen molar-refractivity contribution in [2.45, 2.75) is 51.9 Å². The average molecular weight is 366 g/mol. The molecule has 1 amide bonds. The third-order valence-corrected chi connectivity index (χ3v) is 4.51. The molecule has 1 atom stereocenters. The van der Waals surface area contributed by atoms with E-state index in [2.05, 4.69) is 9.97 Å². The second kappa shape index (κ2) is 6.18. The number of nitrogens with one attached hydrogen (secondary N) is 1. The maximum absolute atomic E-state index is 12.6. The summed E-state index contributed by atoms with van der Waals surface area (Å²) in [5, 5.41) is 1.48. The number of hydrogen-bond acceptors (Lipinski definition) is 4. The van der Waals surface area contributed by atoms with Crippen molar-refractivity contribution in [3.8, 4) is 0 Å². The summed E-state index contributed by atoms with van der Waals surface area (Å²) in [5.74, 6) is 0. The van der Waals surface area contributed by atoms with E-state index in [0.717, 1.165) is 11.1 Å². The maximum Gasteiger partial charge on any atom is 0.410 e. The lowest BCUT2D eigenvalue weighted by atomic mass is 10.0. The first kappa shape index (κ1) is 18.0. The molecule has 1 fully saturated rings. The zero-order valence-electron chi connectivity index (χ0n) is 15.2. The Morgan fingerprint density at radius 3 is 2.84 bits per heavy atom. The second-order valence-electron chi connectivity index (χ2n) is 7.98. The van der Waals surface area contributed by atoms with Gasteiger partial charge in [-0.1, -0.05) is 11.6 Å². The molecular weight excluding hydrogens is 342 g/mol. The van der Waals surface area contributed by atoms with Crippen LogP contribution in [0.3, 0.4) is 0 Å². The molecule has 1 saturated heterocycles. The van der Waals surface area contributed by atoms with Gasteiger partial charge in [0, 0.05) is 17.3 Å². The van der Waals surface area contributed by atoms with Gasteiger partial charge in [0.2, 0.25) is 0 Å². The molecular formula is C18H24ClN3O3. The smallest absolute Gasteiger partial charge is 0.410 e. The Morgan fingerprint density at radius 2 is 2.20 bits per heavy atom. The fourth-order valence-corrected chi connectivity index (χ4v) is 3.06. The van der Waals surface area contributed by atoms with E-state index in [1.54, 1.807) is 17.2 Å². The lowest BCUT2D eigenvalue weighted by Gasteiger charge is -2.45. The molecule has 0 aliphatic carbocycles. The number of nitrogens with zero attached hydrogens (tertiary/aromatic N) is 2.